The third kappa shape index (κ3) is 4.35. The van der Waals surface area contributed by atoms with Gasteiger partial charge in [-0.25, -0.2) is 4.98 Å². The van der Waals surface area contributed by atoms with Crippen molar-refractivity contribution in [1.29, 1.82) is 5.26 Å². The third-order valence-electron chi connectivity index (χ3n) is 5.32. The van der Waals surface area contributed by atoms with E-state index >= 15 is 0 Å². The first-order chi connectivity index (χ1) is 11.8. The van der Waals surface area contributed by atoms with Gasteiger partial charge in [-0.2, -0.15) is 10.2 Å². The van der Waals surface area contributed by atoms with Gasteiger partial charge in [0.25, 0.3) is 0 Å². The number of rotatable bonds is 5. The average Bonchev–Trinajstić information content (AvgIpc) is 2.63. The number of aromatic nitrogens is 2. The molecule has 0 radical (unpaired) electrons. The van der Waals surface area contributed by atoms with E-state index in [0.29, 0.717) is 35.5 Å². The molecule has 3 rings (SSSR count). The van der Waals surface area contributed by atoms with Crippen LogP contribution in [-0.2, 0) is 0 Å². The van der Waals surface area contributed by atoms with E-state index < -0.39 is 0 Å². The zero-order chi connectivity index (χ0) is 16.8. The molecule has 6 nitrogen and oxygen atoms in total. The summed E-state index contributed by atoms with van der Waals surface area (Å²) in [6, 6.07) is 3.69. The minimum atomic E-state index is 0.421. The summed E-state index contributed by atoms with van der Waals surface area (Å²) in [5.74, 6) is 1.33. The first-order valence-corrected chi connectivity index (χ1v) is 9.26. The molecule has 0 amide bonds. The van der Waals surface area contributed by atoms with Crippen molar-refractivity contribution in [3.8, 4) is 6.07 Å². The number of nitriles is 1. The first kappa shape index (κ1) is 17.0. The lowest BCUT2D eigenvalue weighted by molar-refractivity contribution is 0.370. The Labute approximate surface area is 144 Å². The summed E-state index contributed by atoms with van der Waals surface area (Å²) < 4.78 is 0. The number of nitrogens with one attached hydrogen (secondary N) is 3. The van der Waals surface area contributed by atoms with Crippen LogP contribution < -0.4 is 16.0 Å². The van der Waals surface area contributed by atoms with Gasteiger partial charge in [0, 0.05) is 18.1 Å². The topological polar surface area (TPSA) is 85.7 Å². The highest BCUT2D eigenvalue weighted by Crippen LogP contribution is 2.24. The van der Waals surface area contributed by atoms with Crippen LogP contribution in [0.4, 0.5) is 11.8 Å². The molecule has 0 unspecified atom stereocenters. The molecule has 1 heterocycles. The summed E-state index contributed by atoms with van der Waals surface area (Å²) in [4.78, 5) is 8.94. The fraction of sp³-hybridized carbons (Fsp3) is 0.722. The number of hydrogen-bond acceptors (Lipinski definition) is 6. The summed E-state index contributed by atoms with van der Waals surface area (Å²) in [5, 5.41) is 19.6. The maximum absolute atomic E-state index is 9.32. The van der Waals surface area contributed by atoms with Crippen LogP contribution in [0.5, 0.6) is 0 Å². The van der Waals surface area contributed by atoms with E-state index in [1.807, 2.05) is 7.05 Å². The standard InChI is InChI=1S/C18H28N6/c1-20-14-7-9-16(10-8-14)23-18-21-12-13(11-19)17(24-18)22-15-5-3-2-4-6-15/h12,14-16,20H,2-10H2,1H3,(H2,21,22,23,24)/t14-,16-. The van der Waals surface area contributed by atoms with E-state index in [1.54, 1.807) is 6.20 Å². The Hall–Kier alpha value is -1.87. The molecule has 3 N–H and O–H groups in total. The Morgan fingerprint density at radius 2 is 1.62 bits per heavy atom. The molecule has 6 heteroatoms. The van der Waals surface area contributed by atoms with Gasteiger partial charge in [0.2, 0.25) is 5.95 Å². The minimum absolute atomic E-state index is 0.421. The summed E-state index contributed by atoms with van der Waals surface area (Å²) in [5.41, 5.74) is 0.532. The molecule has 0 spiro atoms. The van der Waals surface area contributed by atoms with E-state index in [4.69, 9.17) is 0 Å². The molecule has 2 aliphatic carbocycles. The summed E-state index contributed by atoms with van der Waals surface area (Å²) in [7, 11) is 2.03. The highest BCUT2D eigenvalue weighted by molar-refractivity contribution is 5.54. The van der Waals surface area contributed by atoms with E-state index in [9.17, 15) is 5.26 Å². The van der Waals surface area contributed by atoms with Gasteiger partial charge in [-0.3, -0.25) is 0 Å². The van der Waals surface area contributed by atoms with Gasteiger partial charge in [-0.1, -0.05) is 19.3 Å². The lowest BCUT2D eigenvalue weighted by Crippen LogP contribution is -2.35. The zero-order valence-corrected chi connectivity index (χ0v) is 14.5. The van der Waals surface area contributed by atoms with Crippen molar-refractivity contribution in [1.82, 2.24) is 15.3 Å². The second-order valence-corrected chi connectivity index (χ2v) is 7.03. The van der Waals surface area contributed by atoms with Crippen LogP contribution >= 0.6 is 0 Å². The Morgan fingerprint density at radius 1 is 0.958 bits per heavy atom. The summed E-state index contributed by atoms with van der Waals surface area (Å²) >= 11 is 0. The zero-order valence-electron chi connectivity index (χ0n) is 14.5. The Balaban J connectivity index is 1.64. The van der Waals surface area contributed by atoms with Crippen molar-refractivity contribution in [2.75, 3.05) is 17.7 Å². The molecule has 2 aliphatic rings. The SMILES string of the molecule is CN[C@H]1CC[C@H](Nc2ncc(C#N)c(NC3CCCCC3)n2)CC1. The summed E-state index contributed by atoms with van der Waals surface area (Å²) in [6.45, 7) is 0. The van der Waals surface area contributed by atoms with Gasteiger partial charge < -0.3 is 16.0 Å². The lowest BCUT2D eigenvalue weighted by atomic mass is 9.91. The number of anilines is 2. The van der Waals surface area contributed by atoms with Gasteiger partial charge in [-0.15, -0.1) is 0 Å². The largest absolute Gasteiger partial charge is 0.366 e. The third-order valence-corrected chi connectivity index (χ3v) is 5.32. The highest BCUT2D eigenvalue weighted by atomic mass is 15.2. The molecule has 2 fully saturated rings. The van der Waals surface area contributed by atoms with Gasteiger partial charge in [-0.05, 0) is 45.6 Å². The maximum atomic E-state index is 9.32. The Morgan fingerprint density at radius 3 is 2.29 bits per heavy atom. The molecule has 130 valence electrons. The van der Waals surface area contributed by atoms with Crippen LogP contribution in [-0.4, -0.2) is 35.1 Å². The highest BCUT2D eigenvalue weighted by Gasteiger charge is 2.21. The van der Waals surface area contributed by atoms with Crippen LogP contribution in [0.15, 0.2) is 6.20 Å². The molecule has 0 aromatic carbocycles. The fourth-order valence-electron chi connectivity index (χ4n) is 3.79. The van der Waals surface area contributed by atoms with Crippen molar-refractivity contribution >= 4 is 11.8 Å². The van der Waals surface area contributed by atoms with E-state index in [2.05, 4.69) is 32.0 Å². The van der Waals surface area contributed by atoms with Crippen molar-refractivity contribution in [3.05, 3.63) is 11.8 Å². The van der Waals surface area contributed by atoms with E-state index in [0.717, 1.165) is 25.7 Å². The second kappa shape index (κ2) is 8.29. The van der Waals surface area contributed by atoms with E-state index in [-0.39, 0.29) is 0 Å². The predicted octanol–water partition coefficient (Wildman–Crippen LogP) is 3.04. The normalized spacial score (nSPS) is 25.0. The lowest BCUT2D eigenvalue weighted by Gasteiger charge is -2.29. The number of hydrogen-bond donors (Lipinski definition) is 3. The van der Waals surface area contributed by atoms with Crippen molar-refractivity contribution in [3.63, 3.8) is 0 Å². The minimum Gasteiger partial charge on any atom is -0.366 e. The van der Waals surface area contributed by atoms with Gasteiger partial charge >= 0.3 is 0 Å². The Kier molecular flexibility index (Phi) is 5.86. The fourth-order valence-corrected chi connectivity index (χ4v) is 3.79. The quantitative estimate of drug-likeness (QED) is 0.770. The van der Waals surface area contributed by atoms with Crippen molar-refractivity contribution < 1.29 is 0 Å². The molecule has 24 heavy (non-hydrogen) atoms. The molecule has 2 saturated carbocycles. The van der Waals surface area contributed by atoms with Crippen LogP contribution in [0.25, 0.3) is 0 Å². The van der Waals surface area contributed by atoms with Crippen molar-refractivity contribution in [2.45, 2.75) is 75.9 Å². The number of nitrogens with zero attached hydrogens (tertiary/aromatic N) is 3. The molecule has 0 saturated heterocycles. The van der Waals surface area contributed by atoms with Gasteiger partial charge in [0.15, 0.2) is 0 Å². The first-order valence-electron chi connectivity index (χ1n) is 9.26. The van der Waals surface area contributed by atoms with E-state index in [1.165, 1.54) is 32.1 Å². The molecule has 0 atom stereocenters. The molecule has 1 aromatic heterocycles. The van der Waals surface area contributed by atoms with Crippen molar-refractivity contribution in [2.24, 2.45) is 0 Å². The van der Waals surface area contributed by atoms with Crippen LogP contribution in [0, 0.1) is 11.3 Å². The van der Waals surface area contributed by atoms with Crippen LogP contribution in [0.3, 0.4) is 0 Å². The van der Waals surface area contributed by atoms with Crippen LogP contribution in [0.2, 0.25) is 0 Å². The summed E-state index contributed by atoms with van der Waals surface area (Å²) in [6.07, 6.45) is 12.4. The molecule has 0 bridgehead atoms. The van der Waals surface area contributed by atoms with Crippen LogP contribution in [0.1, 0.15) is 63.4 Å². The molecule has 0 aliphatic heterocycles. The molecule has 1 aromatic rings. The average molecular weight is 328 g/mol. The van der Waals surface area contributed by atoms with Gasteiger partial charge in [0.05, 0.1) is 6.20 Å². The second-order valence-electron chi connectivity index (χ2n) is 7.03. The molecular formula is C18H28N6. The van der Waals surface area contributed by atoms with Gasteiger partial charge in [0.1, 0.15) is 17.5 Å². The monoisotopic (exact) mass is 328 g/mol. The predicted molar refractivity (Wildman–Crippen MR) is 96.0 cm³/mol. The Bertz CT molecular complexity index is 567. The smallest absolute Gasteiger partial charge is 0.224 e. The molecular weight excluding hydrogens is 300 g/mol. The maximum Gasteiger partial charge on any atom is 0.224 e.